The van der Waals surface area contributed by atoms with Gasteiger partial charge in [0.05, 0.1) is 12.4 Å². The molecule has 10 heteroatoms. The van der Waals surface area contributed by atoms with Crippen molar-refractivity contribution in [2.24, 2.45) is 10.1 Å². The predicted octanol–water partition coefficient (Wildman–Crippen LogP) is 2.95. The zero-order valence-corrected chi connectivity index (χ0v) is 16.7. The van der Waals surface area contributed by atoms with Crippen LogP contribution < -0.4 is 5.43 Å². The molecule has 0 saturated carbocycles. The van der Waals surface area contributed by atoms with Crippen LogP contribution in [0.2, 0.25) is 0 Å². The normalized spacial score (nSPS) is 14.0. The molecule has 0 bridgehead atoms. The van der Waals surface area contributed by atoms with Crippen LogP contribution in [0.1, 0.15) is 32.6 Å². The first-order chi connectivity index (χ1) is 13.5. The number of aliphatic imine (C=N–C) groups is 1. The SMILES string of the molecule is CCOC(=O)c1nc(NN=C(C(=O)c2ccccc2)C2=NC(=O)CS2)sc1C. The van der Waals surface area contributed by atoms with E-state index in [-0.39, 0.29) is 40.5 Å². The number of ketones is 1. The summed E-state index contributed by atoms with van der Waals surface area (Å²) in [6.45, 7) is 3.70. The number of aromatic nitrogens is 1. The lowest BCUT2D eigenvalue weighted by Crippen LogP contribution is -2.23. The molecule has 2 aromatic rings. The van der Waals surface area contributed by atoms with Gasteiger partial charge in [0.15, 0.2) is 11.4 Å². The number of carbonyl (C=O) groups is 3. The number of nitrogens with zero attached hydrogens (tertiary/aromatic N) is 3. The highest BCUT2D eigenvalue weighted by atomic mass is 32.2. The summed E-state index contributed by atoms with van der Waals surface area (Å²) in [6, 6.07) is 8.59. The maximum atomic E-state index is 12.9. The number of nitrogens with one attached hydrogen (secondary N) is 1. The van der Waals surface area contributed by atoms with Crippen LogP contribution in [0.5, 0.6) is 0 Å². The zero-order valence-electron chi connectivity index (χ0n) is 15.1. The van der Waals surface area contributed by atoms with Gasteiger partial charge in [-0.05, 0) is 13.8 Å². The van der Waals surface area contributed by atoms with Gasteiger partial charge in [-0.1, -0.05) is 53.4 Å². The Morgan fingerprint density at radius 1 is 1.29 bits per heavy atom. The Kier molecular flexibility index (Phi) is 6.32. The number of hydrazone groups is 1. The molecule has 0 atom stereocenters. The number of carbonyl (C=O) groups excluding carboxylic acids is 3. The largest absolute Gasteiger partial charge is 0.461 e. The second kappa shape index (κ2) is 8.89. The summed E-state index contributed by atoms with van der Waals surface area (Å²) in [5, 5.41) is 4.74. The fraction of sp³-hybridized carbons (Fsp3) is 0.222. The lowest BCUT2D eigenvalue weighted by atomic mass is 10.1. The molecule has 0 saturated heterocycles. The number of aryl methyl sites for hydroxylation is 1. The van der Waals surface area contributed by atoms with Crippen LogP contribution in [-0.2, 0) is 9.53 Å². The van der Waals surface area contributed by atoms with Gasteiger partial charge >= 0.3 is 5.97 Å². The Morgan fingerprint density at radius 2 is 2.04 bits per heavy atom. The zero-order chi connectivity index (χ0) is 20.1. The van der Waals surface area contributed by atoms with Gasteiger partial charge in [0, 0.05) is 10.4 Å². The molecular weight excluding hydrogens is 400 g/mol. The Morgan fingerprint density at radius 3 is 2.68 bits per heavy atom. The van der Waals surface area contributed by atoms with Crippen LogP contribution in [0, 0.1) is 6.92 Å². The molecule has 1 aromatic heterocycles. The van der Waals surface area contributed by atoms with Crippen LogP contribution in [-0.4, -0.2) is 45.8 Å². The number of hydrogen-bond acceptors (Lipinski definition) is 9. The Balaban J connectivity index is 1.89. The smallest absolute Gasteiger partial charge is 0.358 e. The van der Waals surface area contributed by atoms with Crippen LogP contribution in [0.3, 0.4) is 0 Å². The lowest BCUT2D eigenvalue weighted by molar-refractivity contribution is -0.115. The molecule has 3 rings (SSSR count). The van der Waals surface area contributed by atoms with E-state index < -0.39 is 5.97 Å². The molecule has 28 heavy (non-hydrogen) atoms. The van der Waals surface area contributed by atoms with E-state index in [1.807, 2.05) is 0 Å². The first kappa shape index (κ1) is 19.9. The molecule has 1 N–H and O–H groups in total. The molecule has 0 aliphatic carbocycles. The lowest BCUT2D eigenvalue weighted by Gasteiger charge is -2.05. The van der Waals surface area contributed by atoms with Gasteiger partial charge in [0.25, 0.3) is 5.91 Å². The predicted molar refractivity (Wildman–Crippen MR) is 110 cm³/mol. The molecule has 1 aromatic carbocycles. The molecule has 0 fully saturated rings. The third kappa shape index (κ3) is 4.52. The van der Waals surface area contributed by atoms with E-state index in [0.717, 1.165) is 11.8 Å². The number of amides is 1. The average molecular weight is 416 g/mol. The summed E-state index contributed by atoms with van der Waals surface area (Å²) in [4.78, 5) is 45.0. The number of anilines is 1. The van der Waals surface area contributed by atoms with Gasteiger partial charge in [-0.3, -0.25) is 15.0 Å². The molecule has 144 valence electrons. The number of Topliss-reactive ketones (excluding diaryl/α,β-unsaturated/α-hetero) is 1. The van der Waals surface area contributed by atoms with E-state index in [1.165, 1.54) is 11.3 Å². The van der Waals surface area contributed by atoms with Gasteiger partial charge in [0.1, 0.15) is 5.04 Å². The van der Waals surface area contributed by atoms with Gasteiger partial charge in [-0.25, -0.2) is 14.8 Å². The standard InChI is InChI=1S/C18H16N4O4S2/c1-3-26-17(25)13-10(2)28-18(20-13)22-21-14(16-19-12(23)9-27-16)15(24)11-7-5-4-6-8-11/h4-8H,3,9H2,1-2H3,(H,20,22). The van der Waals surface area contributed by atoms with Crippen molar-refractivity contribution in [2.45, 2.75) is 13.8 Å². The van der Waals surface area contributed by atoms with Crippen molar-refractivity contribution in [3.05, 3.63) is 46.5 Å². The molecule has 0 unspecified atom stereocenters. The van der Waals surface area contributed by atoms with E-state index in [9.17, 15) is 14.4 Å². The minimum Gasteiger partial charge on any atom is -0.461 e. The average Bonchev–Trinajstić information content (AvgIpc) is 3.28. The van der Waals surface area contributed by atoms with Crippen molar-refractivity contribution in [2.75, 3.05) is 17.8 Å². The summed E-state index contributed by atoms with van der Waals surface area (Å²) < 4.78 is 4.96. The van der Waals surface area contributed by atoms with Gasteiger partial charge in [-0.2, -0.15) is 5.10 Å². The number of thiazole rings is 1. The molecule has 1 aliphatic rings. The monoisotopic (exact) mass is 416 g/mol. The number of benzene rings is 1. The second-order valence-electron chi connectivity index (χ2n) is 5.51. The quantitative estimate of drug-likeness (QED) is 0.320. The summed E-state index contributed by atoms with van der Waals surface area (Å²) >= 11 is 2.36. The van der Waals surface area contributed by atoms with Gasteiger partial charge in [-0.15, -0.1) is 0 Å². The van der Waals surface area contributed by atoms with Crippen molar-refractivity contribution in [3.8, 4) is 0 Å². The fourth-order valence-electron chi connectivity index (χ4n) is 2.29. The van der Waals surface area contributed by atoms with Crippen LogP contribution in [0.15, 0.2) is 40.4 Å². The van der Waals surface area contributed by atoms with Gasteiger partial charge in [0.2, 0.25) is 10.9 Å². The van der Waals surface area contributed by atoms with Crippen molar-refractivity contribution in [1.82, 2.24) is 4.98 Å². The summed E-state index contributed by atoms with van der Waals surface area (Å²) in [5.41, 5.74) is 3.35. The molecule has 0 spiro atoms. The number of esters is 1. The number of hydrogen-bond donors (Lipinski definition) is 1. The first-order valence-electron chi connectivity index (χ1n) is 8.32. The number of rotatable bonds is 7. The van der Waals surface area contributed by atoms with E-state index in [0.29, 0.717) is 15.6 Å². The maximum absolute atomic E-state index is 12.9. The summed E-state index contributed by atoms with van der Waals surface area (Å²) in [5.74, 6) is -1.04. The van der Waals surface area contributed by atoms with Crippen LogP contribution >= 0.6 is 23.1 Å². The van der Waals surface area contributed by atoms with E-state index >= 15 is 0 Å². The van der Waals surface area contributed by atoms with Crippen molar-refractivity contribution in [3.63, 3.8) is 0 Å². The highest BCUT2D eigenvalue weighted by Crippen LogP contribution is 2.23. The van der Waals surface area contributed by atoms with E-state index in [4.69, 9.17) is 4.74 Å². The molecule has 2 heterocycles. The van der Waals surface area contributed by atoms with Crippen molar-refractivity contribution >= 4 is 56.6 Å². The first-order valence-corrected chi connectivity index (χ1v) is 10.1. The van der Waals surface area contributed by atoms with Gasteiger partial charge < -0.3 is 4.74 Å². The molecule has 1 amide bonds. The number of thioether (sulfide) groups is 1. The maximum Gasteiger partial charge on any atom is 0.358 e. The van der Waals surface area contributed by atoms with Crippen LogP contribution in [0.4, 0.5) is 5.13 Å². The minimum atomic E-state index is -0.518. The van der Waals surface area contributed by atoms with Crippen molar-refractivity contribution in [1.29, 1.82) is 0 Å². The topological polar surface area (TPSA) is 110 Å². The fourth-order valence-corrected chi connectivity index (χ4v) is 3.80. The van der Waals surface area contributed by atoms with E-state index in [1.54, 1.807) is 44.2 Å². The highest BCUT2D eigenvalue weighted by Gasteiger charge is 2.26. The van der Waals surface area contributed by atoms with Crippen molar-refractivity contribution < 1.29 is 19.1 Å². The number of ether oxygens (including phenoxy) is 1. The Bertz CT molecular complexity index is 983. The second-order valence-corrected chi connectivity index (χ2v) is 7.68. The Hall–Kier alpha value is -2.85. The molecule has 8 nitrogen and oxygen atoms in total. The minimum absolute atomic E-state index is 0.0209. The third-order valence-electron chi connectivity index (χ3n) is 3.54. The third-order valence-corrected chi connectivity index (χ3v) is 5.37. The van der Waals surface area contributed by atoms with Crippen LogP contribution in [0.25, 0.3) is 0 Å². The summed E-state index contributed by atoms with van der Waals surface area (Å²) in [7, 11) is 0. The molecule has 0 radical (unpaired) electrons. The molecule has 1 aliphatic heterocycles. The Labute approximate surface area is 169 Å². The van der Waals surface area contributed by atoms with E-state index in [2.05, 4.69) is 20.5 Å². The summed E-state index contributed by atoms with van der Waals surface area (Å²) in [6.07, 6.45) is 0. The molecular formula is C18H16N4O4S2. The highest BCUT2D eigenvalue weighted by molar-refractivity contribution is 8.17.